The number of methoxy groups -OCH3 is 2. The highest BCUT2D eigenvalue weighted by Crippen LogP contribution is 2.63. The molecule has 2 aromatic rings. The zero-order chi connectivity index (χ0) is 24.4. The molecule has 6 rings (SSSR count). The summed E-state index contributed by atoms with van der Waals surface area (Å²) in [4.78, 5) is 26.2. The molecule has 3 aliphatic heterocycles. The maximum absolute atomic E-state index is 13.8. The molecule has 2 aromatic carbocycles. The Bertz CT molecular complexity index is 1320. The number of halogens is 1. The van der Waals surface area contributed by atoms with E-state index >= 15 is 0 Å². The van der Waals surface area contributed by atoms with Crippen molar-refractivity contribution in [1.82, 2.24) is 0 Å². The number of carbonyl (C=O) groups is 2. The second kappa shape index (κ2) is 8.89. The van der Waals surface area contributed by atoms with E-state index in [1.165, 1.54) is 11.1 Å². The molecule has 1 aliphatic carbocycles. The number of fused-ring (bicyclic) bond motifs is 2. The predicted octanol–water partition coefficient (Wildman–Crippen LogP) is 1.28. The van der Waals surface area contributed by atoms with Gasteiger partial charge in [-0.25, -0.2) is 0 Å². The van der Waals surface area contributed by atoms with Crippen LogP contribution >= 0.6 is 0 Å². The largest absolute Gasteiger partial charge is 1.00 e. The fourth-order valence-electron chi connectivity index (χ4n) is 7.52. The van der Waals surface area contributed by atoms with Gasteiger partial charge in [0.2, 0.25) is 5.78 Å². The maximum atomic E-state index is 13.8. The molecule has 4 aliphatic rings. The number of benzene rings is 2. The first-order valence-electron chi connectivity index (χ1n) is 12.3. The van der Waals surface area contributed by atoms with E-state index in [1.54, 1.807) is 26.4 Å². The molecule has 3 heterocycles. The van der Waals surface area contributed by atoms with E-state index in [-0.39, 0.29) is 40.1 Å². The van der Waals surface area contributed by atoms with Crippen molar-refractivity contribution in [3.05, 3.63) is 76.5 Å². The minimum absolute atomic E-state index is 0. The van der Waals surface area contributed by atoms with Gasteiger partial charge in [0.05, 0.1) is 26.2 Å². The van der Waals surface area contributed by atoms with Crippen molar-refractivity contribution in [1.29, 1.82) is 0 Å². The first-order valence-corrected chi connectivity index (χ1v) is 12.3. The third-order valence-corrected chi connectivity index (χ3v) is 9.02. The fourth-order valence-corrected chi connectivity index (χ4v) is 7.52. The Labute approximate surface area is 222 Å². The number of hydrogen-bond acceptors (Lipinski definition) is 5. The summed E-state index contributed by atoms with van der Waals surface area (Å²) >= 11 is 0. The van der Waals surface area contributed by atoms with Crippen molar-refractivity contribution in [2.45, 2.75) is 31.2 Å². The van der Waals surface area contributed by atoms with Crippen LogP contribution in [0.25, 0.3) is 0 Å². The van der Waals surface area contributed by atoms with E-state index in [0.29, 0.717) is 23.6 Å². The number of allylic oxidation sites excluding steroid dienone is 2. The lowest BCUT2D eigenvalue weighted by Crippen LogP contribution is -3.00. The highest BCUT2D eigenvalue weighted by Gasteiger charge is 2.68. The summed E-state index contributed by atoms with van der Waals surface area (Å²) in [6, 6.07) is 14.1. The molecule has 4 atom stereocenters. The van der Waals surface area contributed by atoms with Crippen molar-refractivity contribution in [3.63, 3.8) is 0 Å². The average molecular weight is 551 g/mol. The number of rotatable bonds is 6. The molecule has 1 N–H and O–H groups in total. The first kappa shape index (κ1) is 24.8. The Morgan fingerprint density at radius 2 is 1.94 bits per heavy atom. The molecule has 2 fully saturated rings. The summed E-state index contributed by atoms with van der Waals surface area (Å²) in [6.45, 7) is 4.20. The zero-order valence-electron chi connectivity index (χ0n) is 20.8. The van der Waals surface area contributed by atoms with E-state index in [2.05, 4.69) is 36.5 Å². The standard InChI is InChI=1S/C29H30N2O4.BrH/c1-4-18-15-31(16-24(33)19-9-10-25(34-2)26(13-19)35-3)12-11-29-22-7-5-6-8-23(22)30-28(29)21(17-32)20(18)14-27(29)31;/h4-10,13,17,20,27H,11-12,14-16H2,1-3H3;1H/b18-4-;/t20-,27?,29+,31?;/m0./s1. The number of ether oxygens (including phenoxy) is 2. The summed E-state index contributed by atoms with van der Waals surface area (Å²) in [5, 5.41) is 3.65. The number of quaternary nitrogens is 1. The lowest BCUT2D eigenvalue weighted by Gasteiger charge is -2.53. The molecule has 188 valence electrons. The fraction of sp³-hybridized carbons (Fsp3) is 0.379. The molecular formula is C29H31BrN2O4. The van der Waals surface area contributed by atoms with Gasteiger partial charge in [0, 0.05) is 41.3 Å². The SMILES string of the molecule is C/C=C1/C[N+]2(CC(=O)c3ccc(OC)c(OC)c3)CC[C@]34C(=C(C=O)[C@H]1CC32)Nc1ccccc14.[Br-]. The van der Waals surface area contributed by atoms with Crippen LogP contribution in [0.2, 0.25) is 0 Å². The minimum Gasteiger partial charge on any atom is -1.00 e. The highest BCUT2D eigenvalue weighted by molar-refractivity contribution is 5.97. The zero-order valence-corrected chi connectivity index (χ0v) is 22.4. The van der Waals surface area contributed by atoms with Gasteiger partial charge in [-0.1, -0.05) is 24.3 Å². The Morgan fingerprint density at radius 1 is 1.17 bits per heavy atom. The van der Waals surface area contributed by atoms with Gasteiger partial charge in [0.1, 0.15) is 25.4 Å². The summed E-state index contributed by atoms with van der Waals surface area (Å²) in [6.07, 6.45) is 5.07. The summed E-state index contributed by atoms with van der Waals surface area (Å²) in [5.41, 5.74) is 6.03. The van der Waals surface area contributed by atoms with Crippen LogP contribution in [0.4, 0.5) is 5.69 Å². The smallest absolute Gasteiger partial charge is 0.217 e. The molecule has 6 nitrogen and oxygen atoms in total. The average Bonchev–Trinajstić information content (AvgIpc) is 3.42. The number of Topliss-reactive ketones (excluding diaryl/α,β-unsaturated/α-hetero) is 1. The van der Waals surface area contributed by atoms with Crippen LogP contribution in [0.15, 0.2) is 65.4 Å². The van der Waals surface area contributed by atoms with Crippen molar-refractivity contribution in [2.75, 3.05) is 39.2 Å². The number of aldehydes is 1. The first-order chi connectivity index (χ1) is 17.0. The van der Waals surface area contributed by atoms with Gasteiger partial charge < -0.3 is 36.3 Å². The Balaban J connectivity index is 0.00000267. The number of carbonyl (C=O) groups excluding carboxylic acids is 2. The molecule has 0 aromatic heterocycles. The third-order valence-electron chi connectivity index (χ3n) is 9.02. The summed E-state index contributed by atoms with van der Waals surface area (Å²) < 4.78 is 11.6. The van der Waals surface area contributed by atoms with Gasteiger partial charge >= 0.3 is 0 Å². The number of ketones is 1. The van der Waals surface area contributed by atoms with E-state index in [4.69, 9.17) is 9.47 Å². The molecule has 36 heavy (non-hydrogen) atoms. The van der Waals surface area contributed by atoms with E-state index in [1.807, 2.05) is 12.1 Å². The van der Waals surface area contributed by atoms with Crippen LogP contribution < -0.4 is 31.8 Å². The molecule has 2 bridgehead atoms. The second-order valence-corrected chi connectivity index (χ2v) is 10.3. The van der Waals surface area contributed by atoms with Gasteiger partial charge in [0.15, 0.2) is 11.5 Å². The second-order valence-electron chi connectivity index (χ2n) is 10.3. The predicted molar refractivity (Wildman–Crippen MR) is 134 cm³/mol. The molecular weight excluding hydrogens is 520 g/mol. The van der Waals surface area contributed by atoms with Gasteiger partial charge in [-0.15, -0.1) is 0 Å². The van der Waals surface area contributed by atoms with Crippen LogP contribution in [0.1, 0.15) is 35.7 Å². The Morgan fingerprint density at radius 3 is 2.67 bits per heavy atom. The highest BCUT2D eigenvalue weighted by atomic mass is 79.9. The van der Waals surface area contributed by atoms with Gasteiger partial charge in [0.25, 0.3) is 0 Å². The van der Waals surface area contributed by atoms with E-state index in [0.717, 1.165) is 53.7 Å². The lowest BCUT2D eigenvalue weighted by molar-refractivity contribution is -0.934. The Hall–Kier alpha value is -2.90. The maximum Gasteiger partial charge on any atom is 0.217 e. The van der Waals surface area contributed by atoms with Crippen molar-refractivity contribution in [2.24, 2.45) is 5.92 Å². The number of para-hydroxylation sites is 1. The van der Waals surface area contributed by atoms with Crippen LogP contribution in [0.5, 0.6) is 11.5 Å². The number of hydrogen-bond donors (Lipinski definition) is 1. The third kappa shape index (κ3) is 3.18. The number of nitrogens with one attached hydrogen (secondary N) is 1. The lowest BCUT2D eigenvalue weighted by atomic mass is 9.61. The Kier molecular flexibility index (Phi) is 6.12. The van der Waals surface area contributed by atoms with Gasteiger partial charge in [-0.05, 0) is 42.3 Å². The minimum atomic E-state index is -0.236. The molecule has 2 unspecified atom stereocenters. The van der Waals surface area contributed by atoms with E-state index in [9.17, 15) is 9.59 Å². The molecule has 1 spiro atoms. The number of anilines is 1. The quantitative estimate of drug-likeness (QED) is 0.254. The van der Waals surface area contributed by atoms with Crippen LogP contribution in [0.3, 0.4) is 0 Å². The topological polar surface area (TPSA) is 64.6 Å². The monoisotopic (exact) mass is 550 g/mol. The number of piperidine rings is 1. The van der Waals surface area contributed by atoms with Crippen molar-refractivity contribution < 1.29 is 40.5 Å². The molecule has 0 amide bonds. The summed E-state index contributed by atoms with van der Waals surface area (Å²) in [5.74, 6) is 1.41. The van der Waals surface area contributed by atoms with Crippen LogP contribution in [0, 0.1) is 5.92 Å². The van der Waals surface area contributed by atoms with Crippen molar-refractivity contribution in [3.8, 4) is 11.5 Å². The normalized spacial score (nSPS) is 30.1. The summed E-state index contributed by atoms with van der Waals surface area (Å²) in [7, 11) is 3.19. The van der Waals surface area contributed by atoms with Gasteiger partial charge in [-0.3, -0.25) is 9.59 Å². The van der Waals surface area contributed by atoms with Gasteiger partial charge in [-0.2, -0.15) is 0 Å². The molecule has 0 saturated carbocycles. The molecule has 0 radical (unpaired) electrons. The van der Waals surface area contributed by atoms with Crippen molar-refractivity contribution >= 4 is 17.8 Å². The molecule has 7 heteroatoms. The number of nitrogens with zero attached hydrogens (tertiary/aromatic N) is 1. The van der Waals surface area contributed by atoms with Crippen LogP contribution in [-0.4, -0.2) is 56.4 Å². The van der Waals surface area contributed by atoms with Crippen LogP contribution in [-0.2, 0) is 10.2 Å². The van der Waals surface area contributed by atoms with E-state index < -0.39 is 0 Å². The molecule has 2 saturated heterocycles.